The van der Waals surface area contributed by atoms with Gasteiger partial charge in [-0.3, -0.25) is 4.79 Å². The molecule has 8 heteroatoms. The van der Waals surface area contributed by atoms with Gasteiger partial charge in [0.2, 0.25) is 5.91 Å². The summed E-state index contributed by atoms with van der Waals surface area (Å²) in [5.74, 6) is -0.0980. The van der Waals surface area contributed by atoms with Gasteiger partial charge in [0.05, 0.1) is 24.2 Å². The van der Waals surface area contributed by atoms with Crippen LogP contribution in [0.25, 0.3) is 11.3 Å². The first-order valence-electron chi connectivity index (χ1n) is 13.0. The number of fused-ring (bicyclic) bond motifs is 2. The minimum absolute atomic E-state index is 0.00223. The average Bonchev–Trinajstić information content (AvgIpc) is 3.82. The van der Waals surface area contributed by atoms with Crippen molar-refractivity contribution in [3.05, 3.63) is 70.7 Å². The van der Waals surface area contributed by atoms with Crippen LogP contribution in [0.4, 0.5) is 10.1 Å². The summed E-state index contributed by atoms with van der Waals surface area (Å²) in [7, 11) is 0. The van der Waals surface area contributed by atoms with Crippen molar-refractivity contribution in [2.75, 3.05) is 4.90 Å². The number of halogens is 1. The Bertz CT molecular complexity index is 1390. The number of aromatic nitrogens is 1. The van der Waals surface area contributed by atoms with Crippen molar-refractivity contribution in [2.45, 2.75) is 69.1 Å². The number of carbonyl (C=O) groups excluding carboxylic acids is 1. The second kappa shape index (κ2) is 8.52. The highest BCUT2D eigenvalue weighted by molar-refractivity contribution is 6.00. The Labute approximate surface area is 213 Å². The molecular weight excluding hydrogens is 475 g/mol. The van der Waals surface area contributed by atoms with Gasteiger partial charge in [-0.05, 0) is 80.3 Å². The Morgan fingerprint density at radius 1 is 1.08 bits per heavy atom. The maximum atomic E-state index is 15.1. The lowest BCUT2D eigenvalue weighted by Crippen LogP contribution is -2.43. The predicted molar refractivity (Wildman–Crippen MR) is 132 cm³/mol. The molecule has 3 saturated carbocycles. The quantitative estimate of drug-likeness (QED) is 0.428. The summed E-state index contributed by atoms with van der Waals surface area (Å²) in [6.45, 7) is 0.234. The SMILES string of the molecule is O=C(O)c1ccc(N2C(=O)[C@@H]3C[C@H]2C[C@H]3OCc2c(-c3c(F)cccc3C3CC3)noc2C2CC2)cc1. The Morgan fingerprint density at radius 3 is 2.51 bits per heavy atom. The van der Waals surface area contributed by atoms with Gasteiger partial charge in [0.25, 0.3) is 0 Å². The summed E-state index contributed by atoms with van der Waals surface area (Å²) in [5.41, 5.74) is 3.76. The highest BCUT2D eigenvalue weighted by Gasteiger charge is 2.52. The van der Waals surface area contributed by atoms with Crippen molar-refractivity contribution in [1.29, 1.82) is 0 Å². The van der Waals surface area contributed by atoms with Gasteiger partial charge in [-0.15, -0.1) is 0 Å². The third kappa shape index (κ3) is 3.85. The Kier molecular flexibility index (Phi) is 5.22. The molecule has 1 N–H and O–H groups in total. The number of hydrogen-bond donors (Lipinski definition) is 1. The van der Waals surface area contributed by atoms with Crippen LogP contribution in [0.2, 0.25) is 0 Å². The summed E-state index contributed by atoms with van der Waals surface area (Å²) in [5, 5.41) is 13.5. The molecule has 190 valence electrons. The van der Waals surface area contributed by atoms with E-state index in [1.54, 1.807) is 23.1 Å². The average molecular weight is 503 g/mol. The first-order valence-corrected chi connectivity index (χ1v) is 13.0. The largest absolute Gasteiger partial charge is 0.478 e. The van der Waals surface area contributed by atoms with Crippen LogP contribution < -0.4 is 4.90 Å². The van der Waals surface area contributed by atoms with E-state index in [1.807, 2.05) is 6.07 Å². The number of anilines is 1. The number of piperidine rings is 1. The van der Waals surface area contributed by atoms with Crippen molar-refractivity contribution in [3.63, 3.8) is 0 Å². The number of carboxylic acid groups (broad SMARTS) is 1. The number of ether oxygens (including phenoxy) is 1. The van der Waals surface area contributed by atoms with Crippen LogP contribution in [0.3, 0.4) is 0 Å². The van der Waals surface area contributed by atoms with Crippen LogP contribution in [0.5, 0.6) is 0 Å². The molecule has 0 unspecified atom stereocenters. The minimum Gasteiger partial charge on any atom is -0.478 e. The molecule has 2 heterocycles. The van der Waals surface area contributed by atoms with Gasteiger partial charge >= 0.3 is 5.97 Å². The highest BCUT2D eigenvalue weighted by Crippen LogP contribution is 2.49. The van der Waals surface area contributed by atoms with Gasteiger partial charge in [-0.25, -0.2) is 9.18 Å². The van der Waals surface area contributed by atoms with Gasteiger partial charge in [-0.1, -0.05) is 17.3 Å². The summed E-state index contributed by atoms with van der Waals surface area (Å²) in [6, 6.07) is 11.7. The highest BCUT2D eigenvalue weighted by atomic mass is 19.1. The van der Waals surface area contributed by atoms with Crippen LogP contribution >= 0.6 is 0 Å². The van der Waals surface area contributed by atoms with E-state index in [9.17, 15) is 9.59 Å². The van der Waals surface area contributed by atoms with Gasteiger partial charge in [0.15, 0.2) is 0 Å². The molecular formula is C29H27FN2O5. The lowest BCUT2D eigenvalue weighted by Gasteiger charge is -2.31. The van der Waals surface area contributed by atoms with Gasteiger partial charge in [0, 0.05) is 28.8 Å². The molecule has 0 radical (unpaired) electrons. The fraction of sp³-hybridized carbons (Fsp3) is 0.414. The number of carbonyl (C=O) groups is 2. The number of benzene rings is 2. The molecule has 3 aliphatic carbocycles. The van der Waals surface area contributed by atoms with Gasteiger partial charge in [0.1, 0.15) is 17.3 Å². The maximum Gasteiger partial charge on any atom is 0.335 e. The number of rotatable bonds is 8. The third-order valence-corrected chi connectivity index (χ3v) is 8.30. The van der Waals surface area contributed by atoms with E-state index < -0.39 is 5.97 Å². The molecule has 2 bridgehead atoms. The standard InChI is InChI=1S/C29H27FN2O5/c30-23-3-1-2-20(15-4-5-15)25(23)26-22(27(37-31-26)16-6-7-16)14-36-24-13-19-12-21(24)28(33)32(19)18-10-8-17(9-11-18)29(34)35/h1-3,8-11,15-16,19,21,24H,4-7,12-14H2,(H,34,35)/t19-,21+,24+/m0/s1. The summed E-state index contributed by atoms with van der Waals surface area (Å²) in [6.07, 6.45) is 5.33. The van der Waals surface area contributed by atoms with Crippen LogP contribution in [-0.2, 0) is 16.1 Å². The molecule has 1 aromatic heterocycles. The Morgan fingerprint density at radius 2 is 1.84 bits per heavy atom. The molecule has 37 heavy (non-hydrogen) atoms. The monoisotopic (exact) mass is 502 g/mol. The third-order valence-electron chi connectivity index (χ3n) is 8.30. The smallest absolute Gasteiger partial charge is 0.335 e. The fourth-order valence-corrected chi connectivity index (χ4v) is 6.13. The zero-order chi connectivity index (χ0) is 25.3. The molecule has 7 nitrogen and oxygen atoms in total. The summed E-state index contributed by atoms with van der Waals surface area (Å²) >= 11 is 0. The van der Waals surface area contributed by atoms with E-state index in [0.717, 1.165) is 42.6 Å². The van der Waals surface area contributed by atoms with Crippen LogP contribution in [0, 0.1) is 11.7 Å². The second-order valence-electron chi connectivity index (χ2n) is 10.8. The van der Waals surface area contributed by atoms with Crippen LogP contribution in [-0.4, -0.2) is 34.3 Å². The van der Waals surface area contributed by atoms with Crippen molar-refractivity contribution in [1.82, 2.24) is 5.16 Å². The number of aromatic carboxylic acids is 1. The van der Waals surface area contributed by atoms with Crippen molar-refractivity contribution in [3.8, 4) is 11.3 Å². The summed E-state index contributed by atoms with van der Waals surface area (Å²) in [4.78, 5) is 26.2. The van der Waals surface area contributed by atoms with E-state index >= 15 is 4.39 Å². The molecule has 4 aliphatic rings. The molecule has 1 aliphatic heterocycles. The van der Waals surface area contributed by atoms with E-state index in [-0.39, 0.29) is 42.0 Å². The molecule has 2 aromatic carbocycles. The second-order valence-corrected chi connectivity index (χ2v) is 10.8. The lowest BCUT2D eigenvalue weighted by molar-refractivity contribution is -0.126. The van der Waals surface area contributed by atoms with E-state index in [0.29, 0.717) is 41.6 Å². The molecule has 7 rings (SSSR count). The first-order chi connectivity index (χ1) is 18.0. The fourth-order valence-electron chi connectivity index (χ4n) is 6.13. The first kappa shape index (κ1) is 22.7. The number of nitrogens with zero attached hydrogens (tertiary/aromatic N) is 2. The molecule has 4 fully saturated rings. The molecule has 3 atom stereocenters. The molecule has 1 amide bonds. The summed E-state index contributed by atoms with van der Waals surface area (Å²) < 4.78 is 27.3. The minimum atomic E-state index is -0.993. The Balaban J connectivity index is 1.12. The lowest BCUT2D eigenvalue weighted by atomic mass is 9.96. The van der Waals surface area contributed by atoms with Crippen molar-refractivity contribution >= 4 is 17.6 Å². The molecule has 1 saturated heterocycles. The molecule has 3 aromatic rings. The van der Waals surface area contributed by atoms with E-state index in [2.05, 4.69) is 5.16 Å². The molecule has 0 spiro atoms. The number of carboxylic acids is 1. The van der Waals surface area contributed by atoms with Crippen LogP contribution in [0.1, 0.15) is 77.6 Å². The Hall–Kier alpha value is -3.52. The number of hydrogen-bond acceptors (Lipinski definition) is 5. The number of amides is 1. The zero-order valence-electron chi connectivity index (χ0n) is 20.2. The van der Waals surface area contributed by atoms with Gasteiger partial charge < -0.3 is 19.3 Å². The van der Waals surface area contributed by atoms with Crippen molar-refractivity contribution in [2.24, 2.45) is 5.92 Å². The van der Waals surface area contributed by atoms with Gasteiger partial charge in [-0.2, -0.15) is 0 Å². The van der Waals surface area contributed by atoms with Crippen LogP contribution in [0.15, 0.2) is 47.0 Å². The van der Waals surface area contributed by atoms with E-state index in [4.69, 9.17) is 14.4 Å². The maximum absolute atomic E-state index is 15.1. The topological polar surface area (TPSA) is 92.9 Å². The zero-order valence-corrected chi connectivity index (χ0v) is 20.2. The van der Waals surface area contributed by atoms with Crippen molar-refractivity contribution < 1.29 is 28.3 Å². The van der Waals surface area contributed by atoms with E-state index in [1.165, 1.54) is 18.2 Å². The normalized spacial score (nSPS) is 24.7. The predicted octanol–water partition coefficient (Wildman–Crippen LogP) is 5.64.